The fourth-order valence-electron chi connectivity index (χ4n) is 1.66. The molecule has 0 saturated heterocycles. The number of rotatable bonds is 5. The predicted molar refractivity (Wildman–Crippen MR) is 66.0 cm³/mol. The Labute approximate surface area is 105 Å². The SMILES string of the molecule is CCOCc1cn(-c2ccc(CC)c(F)c2)nn1. The number of ether oxygens (including phenoxy) is 1. The standard InChI is InChI=1S/C13H16FN3O/c1-3-10-5-6-12(7-13(10)14)17-8-11(15-16-17)9-18-4-2/h5-8H,3-4,9H2,1-2H3. The van der Waals surface area contributed by atoms with Gasteiger partial charge in [0.2, 0.25) is 0 Å². The van der Waals surface area contributed by atoms with Gasteiger partial charge >= 0.3 is 0 Å². The molecule has 2 aromatic rings. The van der Waals surface area contributed by atoms with Crippen molar-refractivity contribution in [3.8, 4) is 5.69 Å². The van der Waals surface area contributed by atoms with Crippen molar-refractivity contribution in [2.45, 2.75) is 26.9 Å². The molecule has 1 aromatic heterocycles. The molecule has 96 valence electrons. The van der Waals surface area contributed by atoms with Crippen molar-refractivity contribution in [3.05, 3.63) is 41.5 Å². The Kier molecular flexibility index (Phi) is 4.04. The van der Waals surface area contributed by atoms with Gasteiger partial charge < -0.3 is 4.74 Å². The average molecular weight is 249 g/mol. The first-order valence-electron chi connectivity index (χ1n) is 6.02. The molecule has 2 rings (SSSR count). The number of nitrogens with zero attached hydrogens (tertiary/aromatic N) is 3. The van der Waals surface area contributed by atoms with Gasteiger partial charge in [0, 0.05) is 6.61 Å². The topological polar surface area (TPSA) is 39.9 Å². The highest BCUT2D eigenvalue weighted by Gasteiger charge is 2.06. The maximum atomic E-state index is 13.7. The second-order valence-electron chi connectivity index (χ2n) is 3.92. The molecule has 0 radical (unpaired) electrons. The summed E-state index contributed by atoms with van der Waals surface area (Å²) in [5.74, 6) is -0.211. The van der Waals surface area contributed by atoms with Gasteiger partial charge in [0.05, 0.1) is 18.5 Å². The summed E-state index contributed by atoms with van der Waals surface area (Å²) in [4.78, 5) is 0. The van der Waals surface area contributed by atoms with Gasteiger partial charge in [0.15, 0.2) is 0 Å². The van der Waals surface area contributed by atoms with E-state index in [1.807, 2.05) is 19.9 Å². The van der Waals surface area contributed by atoms with Crippen molar-refractivity contribution in [3.63, 3.8) is 0 Å². The van der Waals surface area contributed by atoms with Crippen molar-refractivity contribution in [1.29, 1.82) is 0 Å². The molecule has 0 bridgehead atoms. The van der Waals surface area contributed by atoms with Crippen LogP contribution in [0.15, 0.2) is 24.4 Å². The molecule has 1 aromatic carbocycles. The minimum atomic E-state index is -0.211. The molecule has 4 nitrogen and oxygen atoms in total. The van der Waals surface area contributed by atoms with Crippen molar-refractivity contribution < 1.29 is 9.13 Å². The van der Waals surface area contributed by atoms with Crippen molar-refractivity contribution in [2.75, 3.05) is 6.61 Å². The van der Waals surface area contributed by atoms with Crippen LogP contribution in [0.25, 0.3) is 5.69 Å². The Balaban J connectivity index is 2.20. The molecule has 0 aliphatic carbocycles. The van der Waals surface area contributed by atoms with Gasteiger partial charge in [-0.25, -0.2) is 9.07 Å². The van der Waals surface area contributed by atoms with E-state index in [-0.39, 0.29) is 5.82 Å². The Hall–Kier alpha value is -1.75. The largest absolute Gasteiger partial charge is 0.375 e. The van der Waals surface area contributed by atoms with Gasteiger partial charge in [0.1, 0.15) is 11.5 Å². The third kappa shape index (κ3) is 2.73. The first kappa shape index (κ1) is 12.7. The molecule has 0 aliphatic heterocycles. The highest BCUT2D eigenvalue weighted by Crippen LogP contribution is 2.14. The molecule has 0 N–H and O–H groups in total. The summed E-state index contributed by atoms with van der Waals surface area (Å²) >= 11 is 0. The molecule has 0 fully saturated rings. The third-order valence-electron chi connectivity index (χ3n) is 2.68. The lowest BCUT2D eigenvalue weighted by molar-refractivity contribution is 0.131. The number of halogens is 1. The fraction of sp³-hybridized carbons (Fsp3) is 0.385. The van der Waals surface area contributed by atoms with E-state index in [0.29, 0.717) is 30.9 Å². The molecular formula is C13H16FN3O. The summed E-state index contributed by atoms with van der Waals surface area (Å²) in [6.07, 6.45) is 2.43. The van der Waals surface area contributed by atoms with Crippen LogP contribution in [-0.4, -0.2) is 21.6 Å². The molecule has 0 amide bonds. The molecule has 0 unspecified atom stereocenters. The molecule has 0 aliphatic rings. The molecule has 0 saturated carbocycles. The van der Waals surface area contributed by atoms with Gasteiger partial charge in [0.25, 0.3) is 0 Å². The van der Waals surface area contributed by atoms with Gasteiger partial charge in [-0.3, -0.25) is 0 Å². The number of aryl methyl sites for hydroxylation is 1. The van der Waals surface area contributed by atoms with E-state index in [0.717, 1.165) is 5.69 Å². The Bertz CT molecular complexity index is 525. The maximum absolute atomic E-state index is 13.7. The zero-order valence-electron chi connectivity index (χ0n) is 10.6. The van der Waals surface area contributed by atoms with Gasteiger partial charge in [-0.1, -0.05) is 18.2 Å². The minimum Gasteiger partial charge on any atom is -0.375 e. The lowest BCUT2D eigenvalue weighted by atomic mass is 10.1. The lowest BCUT2D eigenvalue weighted by Gasteiger charge is -2.03. The van der Waals surface area contributed by atoms with E-state index >= 15 is 0 Å². The van der Waals surface area contributed by atoms with Crippen LogP contribution in [0.1, 0.15) is 25.1 Å². The van der Waals surface area contributed by atoms with Gasteiger partial charge in [-0.05, 0) is 31.0 Å². The highest BCUT2D eigenvalue weighted by molar-refractivity contribution is 5.35. The zero-order chi connectivity index (χ0) is 13.0. The summed E-state index contributed by atoms with van der Waals surface area (Å²) < 4.78 is 20.5. The van der Waals surface area contributed by atoms with Crippen LogP contribution in [0.4, 0.5) is 4.39 Å². The molecule has 0 spiro atoms. The van der Waals surface area contributed by atoms with Crippen LogP contribution in [0, 0.1) is 5.82 Å². The van der Waals surface area contributed by atoms with E-state index in [2.05, 4.69) is 10.3 Å². The van der Waals surface area contributed by atoms with Crippen molar-refractivity contribution in [1.82, 2.24) is 15.0 Å². The first-order chi connectivity index (χ1) is 8.74. The summed E-state index contributed by atoms with van der Waals surface area (Å²) in [6.45, 7) is 4.90. The molecule has 5 heteroatoms. The number of benzene rings is 1. The second kappa shape index (κ2) is 5.73. The van der Waals surface area contributed by atoms with Gasteiger partial charge in [-0.2, -0.15) is 0 Å². The van der Waals surface area contributed by atoms with E-state index in [9.17, 15) is 4.39 Å². The smallest absolute Gasteiger partial charge is 0.128 e. The number of aromatic nitrogens is 3. The Morgan fingerprint density at radius 2 is 2.17 bits per heavy atom. The normalized spacial score (nSPS) is 10.8. The van der Waals surface area contributed by atoms with E-state index < -0.39 is 0 Å². The van der Waals surface area contributed by atoms with Crippen LogP contribution < -0.4 is 0 Å². The minimum absolute atomic E-state index is 0.211. The maximum Gasteiger partial charge on any atom is 0.128 e. The molecule has 1 heterocycles. The lowest BCUT2D eigenvalue weighted by Crippen LogP contribution is -1.97. The summed E-state index contributed by atoms with van der Waals surface area (Å²) in [5, 5.41) is 7.92. The number of hydrogen-bond donors (Lipinski definition) is 0. The molecular weight excluding hydrogens is 233 g/mol. The van der Waals surface area contributed by atoms with Crippen LogP contribution in [0.3, 0.4) is 0 Å². The van der Waals surface area contributed by atoms with Crippen molar-refractivity contribution >= 4 is 0 Å². The van der Waals surface area contributed by atoms with Crippen LogP contribution in [0.2, 0.25) is 0 Å². The van der Waals surface area contributed by atoms with Crippen molar-refractivity contribution in [2.24, 2.45) is 0 Å². The predicted octanol–water partition coefficient (Wildman–Crippen LogP) is 2.51. The van der Waals surface area contributed by atoms with E-state index in [1.165, 1.54) is 6.07 Å². The summed E-state index contributed by atoms with van der Waals surface area (Å²) in [5.41, 5.74) is 2.10. The summed E-state index contributed by atoms with van der Waals surface area (Å²) in [7, 11) is 0. The third-order valence-corrected chi connectivity index (χ3v) is 2.68. The van der Waals surface area contributed by atoms with E-state index in [1.54, 1.807) is 16.9 Å². The quantitative estimate of drug-likeness (QED) is 0.817. The second-order valence-corrected chi connectivity index (χ2v) is 3.92. The van der Waals surface area contributed by atoms with E-state index in [4.69, 9.17) is 4.74 Å². The monoisotopic (exact) mass is 249 g/mol. The Morgan fingerprint density at radius 1 is 1.33 bits per heavy atom. The average Bonchev–Trinajstić information content (AvgIpc) is 2.85. The summed E-state index contributed by atoms with van der Waals surface area (Å²) in [6, 6.07) is 5.08. The zero-order valence-corrected chi connectivity index (χ0v) is 10.6. The fourth-order valence-corrected chi connectivity index (χ4v) is 1.66. The van der Waals surface area contributed by atoms with Gasteiger partial charge in [-0.15, -0.1) is 5.10 Å². The van der Waals surface area contributed by atoms with Crippen LogP contribution >= 0.6 is 0 Å². The van der Waals surface area contributed by atoms with Crippen LogP contribution in [0.5, 0.6) is 0 Å². The first-order valence-corrected chi connectivity index (χ1v) is 6.02. The molecule has 0 atom stereocenters. The highest BCUT2D eigenvalue weighted by atomic mass is 19.1. The molecule has 18 heavy (non-hydrogen) atoms. The number of hydrogen-bond acceptors (Lipinski definition) is 3. The van der Waals surface area contributed by atoms with Crippen LogP contribution in [-0.2, 0) is 17.8 Å². The Morgan fingerprint density at radius 3 is 2.83 bits per heavy atom.